The van der Waals surface area contributed by atoms with Gasteiger partial charge in [0.2, 0.25) is 11.6 Å². The van der Waals surface area contributed by atoms with Crippen LogP contribution in [0, 0.1) is 0 Å². The molecule has 0 saturated carbocycles. The van der Waals surface area contributed by atoms with E-state index in [1.165, 1.54) is 84.9 Å². The van der Waals surface area contributed by atoms with Crippen molar-refractivity contribution in [2.75, 3.05) is 21.5 Å². The molecule has 0 spiro atoms. The second-order valence-corrected chi connectivity index (χ2v) is 19.1. The van der Waals surface area contributed by atoms with Crippen LogP contribution in [0.3, 0.4) is 0 Å². The van der Waals surface area contributed by atoms with Gasteiger partial charge in [0.05, 0.1) is 23.7 Å². The van der Waals surface area contributed by atoms with Crippen molar-refractivity contribution in [2.45, 2.75) is 12.3 Å². The molecule has 0 radical (unpaired) electrons. The van der Waals surface area contributed by atoms with E-state index < -0.39 is 86.6 Å². The summed E-state index contributed by atoms with van der Waals surface area (Å²) in [4.78, 5) is 74.7. The molecule has 10 N–H and O–H groups in total. The number of Topliss-reactive ketones (excluding diaryl/α,β-unsaturated/α-hetero) is 2. The highest BCUT2D eigenvalue weighted by Crippen LogP contribution is 2.40. The lowest BCUT2D eigenvalue weighted by Gasteiger charge is -2.18. The zero-order chi connectivity index (χ0) is 43.8. The number of urea groups is 1. The molecule has 4 aromatic carbocycles. The lowest BCUT2D eigenvalue weighted by molar-refractivity contribution is 0.105. The van der Waals surface area contributed by atoms with Gasteiger partial charge in [0.25, 0.3) is 20.2 Å². The van der Waals surface area contributed by atoms with E-state index in [2.05, 4.69) is 31.7 Å². The average Bonchev–Trinajstić information content (AvgIpc) is 3.13. The molecule has 0 unspecified atom stereocenters. The number of nitrogens with one attached hydrogen (secondary N) is 4. The van der Waals surface area contributed by atoms with Gasteiger partial charge in [0.1, 0.15) is 9.81 Å². The molecular formula is C35H30N6O15P2S2. The second kappa shape index (κ2) is 16.6. The van der Waals surface area contributed by atoms with Crippen LogP contribution in [0.4, 0.5) is 27.5 Å². The minimum Gasteiger partial charge on any atom is -0.324 e. The van der Waals surface area contributed by atoms with Crippen LogP contribution in [-0.4, -0.2) is 74.5 Å². The summed E-state index contributed by atoms with van der Waals surface area (Å²) >= 11 is 0. The van der Waals surface area contributed by atoms with E-state index in [-0.39, 0.29) is 45.0 Å². The molecule has 60 heavy (non-hydrogen) atoms. The van der Waals surface area contributed by atoms with Crippen molar-refractivity contribution in [3.8, 4) is 0 Å². The minimum atomic E-state index is -5.04. The SMILES string of the molecule is O=C(Nc1ccc2c(c1)C=C(S(=O)(=O)O)/C(=N/Nc1ccc(CP(=O)(O)O)cc1)C2=O)Nc1ccc2c(c1)C=C(S(=O)(=O)O)/C(=N/Nc1ccc(CP(=O)(O)O)cc1)C2=O. The Morgan fingerprint density at radius 2 is 0.883 bits per heavy atom. The summed E-state index contributed by atoms with van der Waals surface area (Å²) in [5.74, 6) is -1.83. The monoisotopic (exact) mass is 900 g/mol. The molecule has 0 fully saturated rings. The van der Waals surface area contributed by atoms with Crippen molar-refractivity contribution in [1.82, 2.24) is 0 Å². The van der Waals surface area contributed by atoms with Crippen LogP contribution in [-0.2, 0) is 41.7 Å². The molecule has 0 heterocycles. The number of ketones is 2. The highest BCUT2D eigenvalue weighted by Gasteiger charge is 2.34. The Morgan fingerprint density at radius 1 is 0.550 bits per heavy atom. The number of benzene rings is 4. The molecule has 21 nitrogen and oxygen atoms in total. The van der Waals surface area contributed by atoms with Gasteiger partial charge in [-0.05, 0) is 95.1 Å². The van der Waals surface area contributed by atoms with Gasteiger partial charge < -0.3 is 30.2 Å². The molecule has 2 aliphatic carbocycles. The fourth-order valence-corrected chi connectivity index (χ4v) is 8.51. The van der Waals surface area contributed by atoms with Gasteiger partial charge in [0, 0.05) is 22.5 Å². The predicted molar refractivity (Wildman–Crippen MR) is 220 cm³/mol. The molecule has 2 amide bonds. The van der Waals surface area contributed by atoms with Crippen LogP contribution >= 0.6 is 15.2 Å². The number of amides is 2. The topological polar surface area (TPSA) is 348 Å². The Morgan fingerprint density at radius 3 is 1.20 bits per heavy atom. The number of carbonyl (C=O) groups is 3. The van der Waals surface area contributed by atoms with Crippen LogP contribution in [0.25, 0.3) is 12.2 Å². The Hall–Kier alpha value is -5.97. The van der Waals surface area contributed by atoms with Gasteiger partial charge in [-0.3, -0.25) is 38.7 Å². The molecule has 0 aromatic heterocycles. The van der Waals surface area contributed by atoms with E-state index in [1.54, 1.807) is 0 Å². The zero-order valence-electron chi connectivity index (χ0n) is 30.1. The van der Waals surface area contributed by atoms with Crippen LogP contribution in [0.1, 0.15) is 43.0 Å². The van der Waals surface area contributed by atoms with Crippen molar-refractivity contribution < 1.29 is 69.0 Å². The number of allylic oxidation sites excluding steroid dienone is 2. The first-order valence-electron chi connectivity index (χ1n) is 16.7. The molecule has 0 atom stereocenters. The van der Waals surface area contributed by atoms with Gasteiger partial charge >= 0.3 is 21.2 Å². The fourth-order valence-electron chi connectivity index (χ4n) is 5.82. The third-order valence-corrected chi connectivity index (χ3v) is 11.7. The van der Waals surface area contributed by atoms with Gasteiger partial charge in [-0.25, -0.2) is 4.79 Å². The standard InChI is InChI=1S/C35H30N6O15P2S2/c42-33-27-11-9-25(13-21(27)15-29(59(51,52)53)31(33)40-38-23-5-1-19(2-6-23)17-57(45,46)47)36-35(44)37-26-10-12-28-22(14-26)16-30(60(54,55)56)32(34(28)43)41-39-24-7-3-20(4-8-24)18-58(48,49)50/h1-16,38-39H,17-18H2,(H2,36,37,44)(H2,45,46,47)(H2,48,49,50)(H,51,52,53)(H,54,55,56)/b40-31-,41-32-. The predicted octanol–water partition coefficient (Wildman–Crippen LogP) is 4.47. The largest absolute Gasteiger partial charge is 0.329 e. The summed E-state index contributed by atoms with van der Waals surface area (Å²) in [7, 11) is -18.8. The molecule has 25 heteroatoms. The first kappa shape index (κ1) is 43.6. The van der Waals surface area contributed by atoms with Gasteiger partial charge in [-0.15, -0.1) is 0 Å². The highest BCUT2D eigenvalue weighted by molar-refractivity contribution is 7.91. The summed E-state index contributed by atoms with van der Waals surface area (Å²) in [5.41, 5.74) is 4.57. The molecule has 2 aliphatic rings. The smallest absolute Gasteiger partial charge is 0.324 e. The number of hydrazone groups is 2. The first-order valence-corrected chi connectivity index (χ1v) is 23.2. The van der Waals surface area contributed by atoms with Gasteiger partial charge in [0.15, 0.2) is 11.4 Å². The third-order valence-electron chi connectivity index (χ3n) is 8.41. The Kier molecular flexibility index (Phi) is 12.1. The molecule has 4 aromatic rings. The molecule has 0 saturated heterocycles. The van der Waals surface area contributed by atoms with Crippen LogP contribution < -0.4 is 21.5 Å². The Balaban J connectivity index is 1.18. The first-order chi connectivity index (χ1) is 27.9. The van der Waals surface area contributed by atoms with E-state index in [9.17, 15) is 49.5 Å². The minimum absolute atomic E-state index is 0.0230. The number of hydrogen-bond acceptors (Lipinski definition) is 13. The molecule has 0 aliphatic heterocycles. The second-order valence-electron chi connectivity index (χ2n) is 13.0. The van der Waals surface area contributed by atoms with Gasteiger partial charge in [-0.2, -0.15) is 27.0 Å². The highest BCUT2D eigenvalue weighted by atomic mass is 32.2. The normalized spacial score (nSPS) is 15.8. The summed E-state index contributed by atoms with van der Waals surface area (Å²) in [6.45, 7) is 0. The molecule has 312 valence electrons. The van der Waals surface area contributed by atoms with Crippen molar-refractivity contribution in [3.05, 3.63) is 128 Å². The maximum Gasteiger partial charge on any atom is 0.329 e. The summed E-state index contributed by atoms with van der Waals surface area (Å²) in [6.07, 6.45) is 0.865. The summed E-state index contributed by atoms with van der Waals surface area (Å²) in [5, 5.41) is 12.7. The number of rotatable bonds is 12. The Labute approximate surface area is 339 Å². The van der Waals surface area contributed by atoms with E-state index in [1.807, 2.05) is 0 Å². The summed E-state index contributed by atoms with van der Waals surface area (Å²) < 4.78 is 91.7. The third kappa shape index (κ3) is 10.8. The van der Waals surface area contributed by atoms with Crippen LogP contribution in [0.5, 0.6) is 0 Å². The number of carbonyl (C=O) groups excluding carboxylic acids is 3. The Bertz CT molecular complexity index is 2720. The lowest BCUT2D eigenvalue weighted by Crippen LogP contribution is -2.27. The maximum atomic E-state index is 13.4. The van der Waals surface area contributed by atoms with Crippen molar-refractivity contribution in [2.24, 2.45) is 10.2 Å². The van der Waals surface area contributed by atoms with Crippen molar-refractivity contribution >= 4 is 99.4 Å². The average molecular weight is 901 g/mol. The number of nitrogens with zero attached hydrogens (tertiary/aromatic N) is 2. The van der Waals surface area contributed by atoms with Crippen molar-refractivity contribution in [1.29, 1.82) is 0 Å². The molecule has 0 bridgehead atoms. The van der Waals surface area contributed by atoms with Crippen molar-refractivity contribution in [3.63, 3.8) is 0 Å². The van der Waals surface area contributed by atoms with E-state index in [0.717, 1.165) is 12.2 Å². The number of hydrogen-bond donors (Lipinski definition) is 10. The van der Waals surface area contributed by atoms with E-state index in [4.69, 9.17) is 19.6 Å². The quantitative estimate of drug-likeness (QED) is 0.0532. The maximum absolute atomic E-state index is 13.4. The number of fused-ring (bicyclic) bond motifs is 2. The molecular weight excluding hydrogens is 870 g/mol. The van der Waals surface area contributed by atoms with E-state index >= 15 is 0 Å². The lowest BCUT2D eigenvalue weighted by atomic mass is 9.94. The fraction of sp³-hybridized carbons (Fsp3) is 0.0571. The van der Waals surface area contributed by atoms with E-state index in [0.29, 0.717) is 11.1 Å². The van der Waals surface area contributed by atoms with Gasteiger partial charge in [-0.1, -0.05) is 24.3 Å². The zero-order valence-corrected chi connectivity index (χ0v) is 33.5. The van der Waals surface area contributed by atoms with Crippen LogP contribution in [0.15, 0.2) is 105 Å². The summed E-state index contributed by atoms with van der Waals surface area (Å²) in [6, 6.07) is 17.8. The van der Waals surface area contributed by atoms with Crippen LogP contribution in [0.2, 0.25) is 0 Å². The molecule has 6 rings (SSSR count). The number of anilines is 4.